The minimum atomic E-state index is 0.231. The van der Waals surface area contributed by atoms with E-state index in [1.165, 1.54) is 24.0 Å². The van der Waals surface area contributed by atoms with Crippen LogP contribution in [0.3, 0.4) is 0 Å². The van der Waals surface area contributed by atoms with E-state index in [1.54, 1.807) is 0 Å². The molecular formula is C16H22O2. The number of benzene rings is 1. The molecule has 1 aliphatic carbocycles. The summed E-state index contributed by atoms with van der Waals surface area (Å²) in [5.74, 6) is 1.38. The maximum Gasteiger partial charge on any atom is 0.173 e. The first-order chi connectivity index (χ1) is 8.58. The largest absolute Gasteiger partial charge is 0.486 e. The first-order valence-corrected chi connectivity index (χ1v) is 6.81. The van der Waals surface area contributed by atoms with E-state index >= 15 is 0 Å². The van der Waals surface area contributed by atoms with Gasteiger partial charge in [-0.3, -0.25) is 4.79 Å². The zero-order valence-corrected chi connectivity index (χ0v) is 11.6. The third-order valence-corrected chi connectivity index (χ3v) is 3.94. The monoisotopic (exact) mass is 246 g/mol. The van der Waals surface area contributed by atoms with Crippen LogP contribution in [0, 0.1) is 26.7 Å². The van der Waals surface area contributed by atoms with Crippen LogP contribution in [0.2, 0.25) is 0 Å². The number of hydrogen-bond acceptors (Lipinski definition) is 2. The Hall–Kier alpha value is -1.31. The fourth-order valence-electron chi connectivity index (χ4n) is 2.67. The molecule has 98 valence electrons. The van der Waals surface area contributed by atoms with Gasteiger partial charge in [-0.2, -0.15) is 0 Å². The molecule has 0 saturated heterocycles. The van der Waals surface area contributed by atoms with E-state index in [-0.39, 0.29) is 18.3 Å². The van der Waals surface area contributed by atoms with Gasteiger partial charge in [0.25, 0.3) is 0 Å². The molecule has 18 heavy (non-hydrogen) atoms. The molecule has 1 saturated carbocycles. The maximum atomic E-state index is 12.0. The third-order valence-electron chi connectivity index (χ3n) is 3.94. The molecule has 2 nitrogen and oxygen atoms in total. The van der Waals surface area contributed by atoms with Crippen molar-refractivity contribution in [2.24, 2.45) is 5.92 Å². The van der Waals surface area contributed by atoms with Crippen LogP contribution >= 0.6 is 0 Å². The van der Waals surface area contributed by atoms with Crippen molar-refractivity contribution in [3.05, 3.63) is 28.8 Å². The molecule has 1 aromatic rings. The van der Waals surface area contributed by atoms with Gasteiger partial charge in [-0.1, -0.05) is 18.9 Å². The number of hydrogen-bond donors (Lipinski definition) is 0. The maximum absolute atomic E-state index is 12.0. The molecule has 0 aliphatic heterocycles. The second-order valence-corrected chi connectivity index (χ2v) is 5.44. The zero-order valence-electron chi connectivity index (χ0n) is 11.6. The fraction of sp³-hybridized carbons (Fsp3) is 0.562. The molecular weight excluding hydrogens is 224 g/mol. The highest BCUT2D eigenvalue weighted by atomic mass is 16.5. The van der Waals surface area contributed by atoms with Crippen molar-refractivity contribution in [2.75, 3.05) is 6.61 Å². The van der Waals surface area contributed by atoms with Gasteiger partial charge in [0.1, 0.15) is 12.4 Å². The van der Waals surface area contributed by atoms with E-state index in [0.29, 0.717) is 0 Å². The molecule has 0 N–H and O–H groups in total. The summed E-state index contributed by atoms with van der Waals surface area (Å²) < 4.78 is 5.72. The van der Waals surface area contributed by atoms with Crippen molar-refractivity contribution in [3.8, 4) is 5.75 Å². The summed E-state index contributed by atoms with van der Waals surface area (Å²) >= 11 is 0. The van der Waals surface area contributed by atoms with Gasteiger partial charge in [0, 0.05) is 5.92 Å². The van der Waals surface area contributed by atoms with Gasteiger partial charge < -0.3 is 4.74 Å². The number of aryl methyl sites for hydroxylation is 2. The first-order valence-electron chi connectivity index (χ1n) is 6.81. The SMILES string of the molecule is Cc1cc(C)c(C)c(OCC(=O)C2CCCC2)c1. The Bertz CT molecular complexity index is 443. The van der Waals surface area contributed by atoms with Crippen molar-refractivity contribution < 1.29 is 9.53 Å². The summed E-state index contributed by atoms with van der Waals surface area (Å²) in [6.07, 6.45) is 4.49. The Kier molecular flexibility index (Phi) is 4.05. The summed E-state index contributed by atoms with van der Waals surface area (Å²) in [7, 11) is 0. The number of rotatable bonds is 4. The number of ketones is 1. The summed E-state index contributed by atoms with van der Waals surface area (Å²) in [5.41, 5.74) is 3.54. The second kappa shape index (κ2) is 5.55. The Morgan fingerprint density at radius 1 is 1.22 bits per heavy atom. The van der Waals surface area contributed by atoms with Crippen LogP contribution in [0.1, 0.15) is 42.4 Å². The van der Waals surface area contributed by atoms with Crippen LogP contribution < -0.4 is 4.74 Å². The predicted molar refractivity (Wildman–Crippen MR) is 73.1 cm³/mol. The summed E-state index contributed by atoms with van der Waals surface area (Å²) in [5, 5.41) is 0. The smallest absolute Gasteiger partial charge is 0.173 e. The summed E-state index contributed by atoms with van der Waals surface area (Å²) in [6, 6.07) is 4.16. The first kappa shape index (κ1) is 13.1. The standard InChI is InChI=1S/C16H22O2/c1-11-8-12(2)13(3)16(9-11)18-10-15(17)14-6-4-5-7-14/h8-9,14H,4-7,10H2,1-3H3. The average Bonchev–Trinajstić information content (AvgIpc) is 2.85. The lowest BCUT2D eigenvalue weighted by atomic mass is 10.0. The number of Topliss-reactive ketones (excluding diaryl/α,β-unsaturated/α-hetero) is 1. The van der Waals surface area contributed by atoms with Crippen molar-refractivity contribution in [3.63, 3.8) is 0 Å². The van der Waals surface area contributed by atoms with Gasteiger partial charge in [-0.05, 0) is 56.4 Å². The fourth-order valence-corrected chi connectivity index (χ4v) is 2.67. The molecule has 1 aliphatic rings. The molecule has 0 unspecified atom stereocenters. The van der Waals surface area contributed by atoms with Gasteiger partial charge in [0.2, 0.25) is 0 Å². The number of carbonyl (C=O) groups is 1. The van der Waals surface area contributed by atoms with Crippen molar-refractivity contribution in [1.29, 1.82) is 0 Å². The Morgan fingerprint density at radius 3 is 2.56 bits per heavy atom. The molecule has 0 aromatic heterocycles. The highest BCUT2D eigenvalue weighted by Gasteiger charge is 2.23. The van der Waals surface area contributed by atoms with Crippen LogP contribution in [-0.2, 0) is 4.79 Å². The summed E-state index contributed by atoms with van der Waals surface area (Å²) in [4.78, 5) is 12.0. The third kappa shape index (κ3) is 2.92. The topological polar surface area (TPSA) is 26.3 Å². The van der Waals surface area contributed by atoms with E-state index in [1.807, 2.05) is 13.0 Å². The number of carbonyl (C=O) groups excluding carboxylic acids is 1. The van der Waals surface area contributed by atoms with Gasteiger partial charge in [-0.25, -0.2) is 0 Å². The lowest BCUT2D eigenvalue weighted by molar-refractivity contribution is -0.124. The average molecular weight is 246 g/mol. The molecule has 2 heteroatoms. The van der Waals surface area contributed by atoms with Crippen molar-refractivity contribution in [2.45, 2.75) is 46.5 Å². The minimum Gasteiger partial charge on any atom is -0.486 e. The van der Waals surface area contributed by atoms with Crippen molar-refractivity contribution in [1.82, 2.24) is 0 Å². The quantitative estimate of drug-likeness (QED) is 0.808. The van der Waals surface area contributed by atoms with Gasteiger partial charge >= 0.3 is 0 Å². The van der Waals surface area contributed by atoms with Crippen LogP contribution in [0.25, 0.3) is 0 Å². The molecule has 0 bridgehead atoms. The molecule has 2 rings (SSSR count). The van der Waals surface area contributed by atoms with E-state index in [2.05, 4.69) is 19.9 Å². The highest BCUT2D eigenvalue weighted by Crippen LogP contribution is 2.27. The Labute approximate surface area is 109 Å². The molecule has 0 radical (unpaired) electrons. The predicted octanol–water partition coefficient (Wildman–Crippen LogP) is 3.75. The van der Waals surface area contributed by atoms with E-state index in [0.717, 1.165) is 24.2 Å². The Balaban J connectivity index is 1.99. The number of ether oxygens (including phenoxy) is 1. The van der Waals surface area contributed by atoms with Crippen LogP contribution in [0.5, 0.6) is 5.75 Å². The van der Waals surface area contributed by atoms with Crippen LogP contribution in [0.15, 0.2) is 12.1 Å². The molecule has 0 heterocycles. The van der Waals surface area contributed by atoms with Gasteiger partial charge in [0.05, 0.1) is 0 Å². The Morgan fingerprint density at radius 2 is 1.89 bits per heavy atom. The molecule has 1 aromatic carbocycles. The molecule has 0 atom stereocenters. The van der Waals surface area contributed by atoms with Crippen LogP contribution in [0.4, 0.5) is 0 Å². The molecule has 0 amide bonds. The van der Waals surface area contributed by atoms with Gasteiger partial charge in [-0.15, -0.1) is 0 Å². The highest BCUT2D eigenvalue weighted by molar-refractivity contribution is 5.82. The summed E-state index contributed by atoms with van der Waals surface area (Å²) in [6.45, 7) is 6.41. The lowest BCUT2D eigenvalue weighted by Gasteiger charge is -2.13. The molecule has 1 fully saturated rings. The van der Waals surface area contributed by atoms with E-state index in [9.17, 15) is 4.79 Å². The van der Waals surface area contributed by atoms with E-state index < -0.39 is 0 Å². The molecule has 0 spiro atoms. The van der Waals surface area contributed by atoms with Crippen LogP contribution in [-0.4, -0.2) is 12.4 Å². The van der Waals surface area contributed by atoms with Gasteiger partial charge in [0.15, 0.2) is 5.78 Å². The minimum absolute atomic E-state index is 0.231. The van der Waals surface area contributed by atoms with E-state index in [4.69, 9.17) is 4.74 Å². The zero-order chi connectivity index (χ0) is 13.1. The van der Waals surface area contributed by atoms with Crippen molar-refractivity contribution >= 4 is 5.78 Å². The lowest BCUT2D eigenvalue weighted by Crippen LogP contribution is -2.19. The normalized spacial score (nSPS) is 15.9. The second-order valence-electron chi connectivity index (χ2n) is 5.44.